The van der Waals surface area contributed by atoms with Gasteiger partial charge in [0.1, 0.15) is 12.2 Å². The summed E-state index contributed by atoms with van der Waals surface area (Å²) in [4.78, 5) is 4.16. The van der Waals surface area contributed by atoms with Gasteiger partial charge in [0.05, 0.1) is 12.8 Å². The van der Waals surface area contributed by atoms with Crippen LogP contribution in [-0.4, -0.2) is 53.4 Å². The maximum absolute atomic E-state index is 11.4. The van der Waals surface area contributed by atoms with Crippen LogP contribution in [0.4, 0.5) is 0 Å². The molecule has 0 fully saturated rings. The van der Waals surface area contributed by atoms with E-state index >= 15 is 0 Å². The van der Waals surface area contributed by atoms with E-state index in [0.717, 1.165) is 25.3 Å². The third-order valence-electron chi connectivity index (χ3n) is 2.86. The topological polar surface area (TPSA) is 80.1 Å². The molecule has 0 aromatic carbocycles. The van der Waals surface area contributed by atoms with Crippen LogP contribution in [0.3, 0.4) is 0 Å². The molecule has 0 radical (unpaired) electrons. The number of hydrogen-bond donors (Lipinski definition) is 1. The Balaban J connectivity index is 2.25. The molecule has 1 aromatic heterocycles. The maximum atomic E-state index is 11.4. The van der Waals surface area contributed by atoms with E-state index in [1.807, 2.05) is 18.5 Å². The van der Waals surface area contributed by atoms with Crippen molar-refractivity contribution in [3.05, 3.63) is 12.2 Å². The second-order valence-electron chi connectivity index (χ2n) is 4.28. The highest BCUT2D eigenvalue weighted by molar-refractivity contribution is 7.88. The summed E-state index contributed by atoms with van der Waals surface area (Å²) in [5.41, 5.74) is 0. The highest BCUT2D eigenvalue weighted by Gasteiger charge is 2.13. The smallest absolute Gasteiger partial charge is 0.211 e. The van der Waals surface area contributed by atoms with Crippen LogP contribution in [0.15, 0.2) is 6.33 Å². The van der Waals surface area contributed by atoms with Crippen LogP contribution in [0.5, 0.6) is 0 Å². The van der Waals surface area contributed by atoms with Gasteiger partial charge in [-0.25, -0.2) is 22.4 Å². The van der Waals surface area contributed by atoms with Crippen molar-refractivity contribution in [2.75, 3.05) is 25.9 Å². The van der Waals surface area contributed by atoms with Gasteiger partial charge in [-0.3, -0.25) is 0 Å². The van der Waals surface area contributed by atoms with Crippen LogP contribution in [0.25, 0.3) is 0 Å². The van der Waals surface area contributed by atoms with Crippen molar-refractivity contribution in [2.45, 2.75) is 33.4 Å². The van der Waals surface area contributed by atoms with E-state index in [4.69, 9.17) is 0 Å². The summed E-state index contributed by atoms with van der Waals surface area (Å²) >= 11 is 0. The van der Waals surface area contributed by atoms with Gasteiger partial charge in [-0.05, 0) is 19.9 Å². The Labute approximate surface area is 115 Å². The average molecular weight is 289 g/mol. The number of nitrogens with zero attached hydrogens (tertiary/aromatic N) is 4. The molecule has 0 saturated carbocycles. The van der Waals surface area contributed by atoms with Crippen molar-refractivity contribution < 1.29 is 8.42 Å². The van der Waals surface area contributed by atoms with Gasteiger partial charge in [-0.15, -0.1) is 0 Å². The molecule has 0 amide bonds. The Bertz CT molecular complexity index is 471. The van der Waals surface area contributed by atoms with E-state index in [2.05, 4.69) is 15.4 Å². The highest BCUT2D eigenvalue weighted by Crippen LogP contribution is 1.98. The Hall–Kier alpha value is -0.990. The first-order valence-electron chi connectivity index (χ1n) is 6.51. The molecule has 0 bridgehead atoms. The predicted octanol–water partition coefficient (Wildman–Crippen LogP) is 0.0592. The molecular formula is C11H23N5O2S. The van der Waals surface area contributed by atoms with Gasteiger partial charge in [-0.1, -0.05) is 6.92 Å². The quantitative estimate of drug-likeness (QED) is 0.650. The third-order valence-corrected chi connectivity index (χ3v) is 4.24. The number of nitrogens with one attached hydrogen (secondary N) is 1. The summed E-state index contributed by atoms with van der Waals surface area (Å²) in [6.07, 6.45) is 3.57. The van der Waals surface area contributed by atoms with Crippen molar-refractivity contribution in [3.63, 3.8) is 0 Å². The van der Waals surface area contributed by atoms with Crippen LogP contribution in [0.1, 0.15) is 26.1 Å². The maximum Gasteiger partial charge on any atom is 0.211 e. The molecule has 0 spiro atoms. The molecule has 19 heavy (non-hydrogen) atoms. The molecule has 0 aliphatic rings. The van der Waals surface area contributed by atoms with Crippen LogP contribution in [0.2, 0.25) is 0 Å². The zero-order valence-electron chi connectivity index (χ0n) is 11.8. The fourth-order valence-corrected chi connectivity index (χ4v) is 2.76. The number of sulfonamides is 1. The largest absolute Gasteiger partial charge is 0.310 e. The predicted molar refractivity (Wildman–Crippen MR) is 74.1 cm³/mol. The molecule has 0 aliphatic carbocycles. The van der Waals surface area contributed by atoms with E-state index in [1.165, 1.54) is 10.6 Å². The molecule has 1 heterocycles. The minimum absolute atomic E-state index is 0.517. The summed E-state index contributed by atoms with van der Waals surface area (Å²) < 4.78 is 26.1. The lowest BCUT2D eigenvalue weighted by molar-refractivity contribution is 0.417. The molecule has 110 valence electrons. The number of hydrogen-bond acceptors (Lipinski definition) is 5. The van der Waals surface area contributed by atoms with Gasteiger partial charge in [0.25, 0.3) is 0 Å². The lowest BCUT2D eigenvalue weighted by Gasteiger charge is -2.17. The monoisotopic (exact) mass is 289 g/mol. The van der Waals surface area contributed by atoms with Crippen molar-refractivity contribution in [1.29, 1.82) is 0 Å². The summed E-state index contributed by atoms with van der Waals surface area (Å²) in [5, 5.41) is 7.33. The van der Waals surface area contributed by atoms with Gasteiger partial charge < -0.3 is 5.32 Å². The van der Waals surface area contributed by atoms with E-state index in [-0.39, 0.29) is 0 Å². The zero-order chi connectivity index (χ0) is 14.3. The standard InChI is InChI=1S/C11H23N5O2S/c1-4-15(19(3,17)18)8-6-7-12-9-11-13-10-14-16(11)5-2/h10,12H,4-9H2,1-3H3. The first-order valence-corrected chi connectivity index (χ1v) is 8.36. The van der Waals surface area contributed by atoms with E-state index in [1.54, 1.807) is 6.33 Å². The molecule has 1 N–H and O–H groups in total. The average Bonchev–Trinajstić information content (AvgIpc) is 2.79. The van der Waals surface area contributed by atoms with Crippen molar-refractivity contribution in [1.82, 2.24) is 24.4 Å². The number of aromatic nitrogens is 3. The Morgan fingerprint density at radius 1 is 1.42 bits per heavy atom. The minimum Gasteiger partial charge on any atom is -0.310 e. The van der Waals surface area contributed by atoms with Crippen molar-refractivity contribution in [3.8, 4) is 0 Å². The number of aryl methyl sites for hydroxylation is 1. The van der Waals surface area contributed by atoms with Gasteiger partial charge in [0.2, 0.25) is 10.0 Å². The SMILES string of the molecule is CCN(CCCNCc1ncnn1CC)S(C)(=O)=O. The van der Waals surface area contributed by atoms with E-state index < -0.39 is 10.0 Å². The first-order chi connectivity index (χ1) is 8.99. The molecule has 0 aliphatic heterocycles. The van der Waals surface area contributed by atoms with E-state index in [9.17, 15) is 8.42 Å². The van der Waals surface area contributed by atoms with Crippen LogP contribution in [0, 0.1) is 0 Å². The fourth-order valence-electron chi connectivity index (χ4n) is 1.83. The molecule has 1 aromatic rings. The summed E-state index contributed by atoms with van der Waals surface area (Å²) in [6, 6.07) is 0. The molecule has 7 nitrogen and oxygen atoms in total. The van der Waals surface area contributed by atoms with Crippen LogP contribution in [-0.2, 0) is 23.1 Å². The first kappa shape index (κ1) is 16.1. The van der Waals surface area contributed by atoms with Crippen LogP contribution < -0.4 is 5.32 Å². The Morgan fingerprint density at radius 2 is 2.16 bits per heavy atom. The van der Waals surface area contributed by atoms with Gasteiger partial charge in [-0.2, -0.15) is 5.10 Å². The van der Waals surface area contributed by atoms with Crippen molar-refractivity contribution in [2.24, 2.45) is 0 Å². The minimum atomic E-state index is -3.08. The second kappa shape index (κ2) is 7.56. The zero-order valence-corrected chi connectivity index (χ0v) is 12.7. The summed E-state index contributed by atoms with van der Waals surface area (Å²) in [5.74, 6) is 0.901. The molecule has 0 saturated heterocycles. The lowest BCUT2D eigenvalue weighted by atomic mass is 10.4. The highest BCUT2D eigenvalue weighted by atomic mass is 32.2. The third kappa shape index (κ3) is 5.25. The molecular weight excluding hydrogens is 266 g/mol. The summed E-state index contributed by atoms with van der Waals surface area (Å²) in [6.45, 7) is 7.13. The molecule has 1 rings (SSSR count). The fraction of sp³-hybridized carbons (Fsp3) is 0.818. The second-order valence-corrected chi connectivity index (χ2v) is 6.26. The van der Waals surface area contributed by atoms with Gasteiger partial charge in [0.15, 0.2) is 0 Å². The lowest BCUT2D eigenvalue weighted by Crippen LogP contribution is -2.32. The molecule has 8 heteroatoms. The molecule has 0 atom stereocenters. The van der Waals surface area contributed by atoms with Crippen molar-refractivity contribution >= 4 is 10.0 Å². The normalized spacial score (nSPS) is 12.2. The van der Waals surface area contributed by atoms with E-state index in [0.29, 0.717) is 19.6 Å². The number of rotatable bonds is 9. The molecule has 0 unspecified atom stereocenters. The summed E-state index contributed by atoms with van der Waals surface area (Å²) in [7, 11) is -3.08. The van der Waals surface area contributed by atoms with Gasteiger partial charge in [0, 0.05) is 19.6 Å². The Morgan fingerprint density at radius 3 is 2.74 bits per heavy atom. The van der Waals surface area contributed by atoms with Crippen LogP contribution >= 0.6 is 0 Å². The van der Waals surface area contributed by atoms with Gasteiger partial charge >= 0.3 is 0 Å². The Kier molecular flexibility index (Phi) is 6.40.